The molecule has 1 aromatic rings. The number of alkyl halides is 2. The Morgan fingerprint density at radius 2 is 2.05 bits per heavy atom. The summed E-state index contributed by atoms with van der Waals surface area (Å²) in [5.41, 5.74) is 5.88. The Bertz CT molecular complexity index is 537. The molecule has 2 rings (SSSR count). The van der Waals surface area contributed by atoms with Gasteiger partial charge >= 0.3 is 0 Å². The zero-order chi connectivity index (χ0) is 16.2. The van der Waals surface area contributed by atoms with Crippen molar-refractivity contribution in [3.05, 3.63) is 35.9 Å². The number of carbonyl (C=O) groups is 2. The van der Waals surface area contributed by atoms with Crippen LogP contribution in [-0.2, 0) is 16.1 Å². The van der Waals surface area contributed by atoms with Gasteiger partial charge in [0.05, 0.1) is 19.0 Å². The fourth-order valence-corrected chi connectivity index (χ4v) is 2.34. The first-order valence-corrected chi connectivity index (χ1v) is 7.08. The molecule has 0 bridgehead atoms. The Hall–Kier alpha value is -2.02. The lowest BCUT2D eigenvalue weighted by Gasteiger charge is -2.18. The van der Waals surface area contributed by atoms with Crippen molar-refractivity contribution >= 4 is 11.8 Å². The van der Waals surface area contributed by atoms with E-state index in [9.17, 15) is 18.4 Å². The molecule has 1 unspecified atom stereocenters. The molecular weight excluding hydrogens is 292 g/mol. The van der Waals surface area contributed by atoms with Gasteiger partial charge in [0, 0.05) is 19.5 Å². The second-order valence-electron chi connectivity index (χ2n) is 5.44. The molecular formula is C15H19F2N3O2. The minimum absolute atomic E-state index is 0.0485. The molecule has 0 saturated carbocycles. The molecule has 120 valence electrons. The summed E-state index contributed by atoms with van der Waals surface area (Å²) in [5, 5.41) is 2.17. The summed E-state index contributed by atoms with van der Waals surface area (Å²) in [6, 6.07) is 9.40. The molecule has 1 aromatic carbocycles. The number of amides is 2. The summed E-state index contributed by atoms with van der Waals surface area (Å²) >= 11 is 0. The Morgan fingerprint density at radius 3 is 2.68 bits per heavy atom. The van der Waals surface area contributed by atoms with Gasteiger partial charge in [0.15, 0.2) is 0 Å². The zero-order valence-corrected chi connectivity index (χ0v) is 12.1. The van der Waals surface area contributed by atoms with Crippen LogP contribution in [0.15, 0.2) is 30.3 Å². The van der Waals surface area contributed by atoms with Crippen LogP contribution in [-0.4, -0.2) is 42.3 Å². The number of likely N-dealkylation sites (tertiary alicyclic amines) is 1. The SMILES string of the molecule is NCC(F)(F)CNC(=O)C1CC(=O)N(Cc2ccccc2)C1. The van der Waals surface area contributed by atoms with Gasteiger partial charge in [0.25, 0.3) is 5.92 Å². The number of nitrogens with one attached hydrogen (secondary N) is 1. The smallest absolute Gasteiger partial charge is 0.277 e. The van der Waals surface area contributed by atoms with Gasteiger partial charge in [-0.1, -0.05) is 30.3 Å². The third-order valence-electron chi connectivity index (χ3n) is 3.62. The first kappa shape index (κ1) is 16.4. The maximum Gasteiger partial charge on any atom is 0.277 e. The normalized spacial score (nSPS) is 18.6. The van der Waals surface area contributed by atoms with E-state index in [1.54, 1.807) is 4.90 Å². The highest BCUT2D eigenvalue weighted by molar-refractivity contribution is 5.89. The fraction of sp³-hybridized carbons (Fsp3) is 0.467. The molecule has 1 fully saturated rings. The average Bonchev–Trinajstić information content (AvgIpc) is 2.87. The third kappa shape index (κ3) is 4.24. The molecule has 0 aromatic heterocycles. The van der Waals surface area contributed by atoms with E-state index in [2.05, 4.69) is 5.32 Å². The molecule has 1 aliphatic rings. The topological polar surface area (TPSA) is 75.4 Å². The molecule has 1 saturated heterocycles. The van der Waals surface area contributed by atoms with Crippen molar-refractivity contribution < 1.29 is 18.4 Å². The van der Waals surface area contributed by atoms with Crippen LogP contribution in [0.25, 0.3) is 0 Å². The number of rotatable bonds is 6. The van der Waals surface area contributed by atoms with Crippen molar-refractivity contribution in [2.24, 2.45) is 11.7 Å². The van der Waals surface area contributed by atoms with Gasteiger partial charge in [0.1, 0.15) is 0 Å². The van der Waals surface area contributed by atoms with Crippen molar-refractivity contribution in [1.29, 1.82) is 0 Å². The van der Waals surface area contributed by atoms with Crippen molar-refractivity contribution in [2.75, 3.05) is 19.6 Å². The molecule has 5 nitrogen and oxygen atoms in total. The molecule has 1 atom stereocenters. The standard InChI is InChI=1S/C15H19F2N3O2/c16-15(17,9-18)10-19-14(22)12-6-13(21)20(8-12)7-11-4-2-1-3-5-11/h1-5,12H,6-10,18H2,(H,19,22). The van der Waals surface area contributed by atoms with Crippen LogP contribution >= 0.6 is 0 Å². The monoisotopic (exact) mass is 311 g/mol. The molecule has 0 radical (unpaired) electrons. The lowest BCUT2D eigenvalue weighted by atomic mass is 10.1. The van der Waals surface area contributed by atoms with E-state index in [0.717, 1.165) is 5.56 Å². The quantitative estimate of drug-likeness (QED) is 0.814. The molecule has 2 amide bonds. The average molecular weight is 311 g/mol. The molecule has 22 heavy (non-hydrogen) atoms. The molecule has 0 spiro atoms. The maximum absolute atomic E-state index is 13.0. The van der Waals surface area contributed by atoms with E-state index < -0.39 is 30.8 Å². The summed E-state index contributed by atoms with van der Waals surface area (Å²) in [5.74, 6) is -4.39. The minimum atomic E-state index is -3.12. The fourth-order valence-electron chi connectivity index (χ4n) is 2.34. The van der Waals surface area contributed by atoms with E-state index in [0.29, 0.717) is 6.54 Å². The highest BCUT2D eigenvalue weighted by Crippen LogP contribution is 2.20. The number of hydrogen-bond donors (Lipinski definition) is 2. The summed E-state index contributed by atoms with van der Waals surface area (Å²) < 4.78 is 26.0. The van der Waals surface area contributed by atoms with Gasteiger partial charge in [-0.25, -0.2) is 8.78 Å². The van der Waals surface area contributed by atoms with Gasteiger partial charge in [-0.2, -0.15) is 0 Å². The van der Waals surface area contributed by atoms with Crippen molar-refractivity contribution in [3.63, 3.8) is 0 Å². The lowest BCUT2D eigenvalue weighted by molar-refractivity contribution is -0.129. The highest BCUT2D eigenvalue weighted by atomic mass is 19.3. The first-order valence-electron chi connectivity index (χ1n) is 7.08. The second-order valence-corrected chi connectivity index (χ2v) is 5.44. The van der Waals surface area contributed by atoms with Crippen molar-refractivity contribution in [1.82, 2.24) is 10.2 Å². The van der Waals surface area contributed by atoms with Crippen molar-refractivity contribution in [3.8, 4) is 0 Å². The van der Waals surface area contributed by atoms with Gasteiger partial charge in [-0.05, 0) is 5.56 Å². The van der Waals surface area contributed by atoms with Crippen LogP contribution in [0.4, 0.5) is 8.78 Å². The van der Waals surface area contributed by atoms with Gasteiger partial charge < -0.3 is 16.0 Å². The number of hydrogen-bond acceptors (Lipinski definition) is 3. The number of benzene rings is 1. The maximum atomic E-state index is 13.0. The van der Waals surface area contributed by atoms with E-state index in [4.69, 9.17) is 5.73 Å². The summed E-state index contributed by atoms with van der Waals surface area (Å²) in [6.45, 7) is -0.959. The summed E-state index contributed by atoms with van der Waals surface area (Å²) in [6.07, 6.45) is 0.0485. The lowest BCUT2D eigenvalue weighted by Crippen LogP contribution is -2.43. The Morgan fingerprint density at radius 1 is 1.36 bits per heavy atom. The van der Waals surface area contributed by atoms with Gasteiger partial charge in [-0.3, -0.25) is 9.59 Å². The van der Waals surface area contributed by atoms with E-state index in [-0.39, 0.29) is 18.9 Å². The Kier molecular flexibility index (Phi) is 5.07. The van der Waals surface area contributed by atoms with Crippen LogP contribution in [0, 0.1) is 5.92 Å². The van der Waals surface area contributed by atoms with Crippen LogP contribution in [0.5, 0.6) is 0 Å². The number of carbonyl (C=O) groups excluding carboxylic acids is 2. The number of nitrogens with two attached hydrogens (primary N) is 1. The zero-order valence-electron chi connectivity index (χ0n) is 12.1. The van der Waals surface area contributed by atoms with Gasteiger partial charge in [0.2, 0.25) is 11.8 Å². The number of halogens is 2. The van der Waals surface area contributed by atoms with Crippen LogP contribution < -0.4 is 11.1 Å². The second kappa shape index (κ2) is 6.83. The van der Waals surface area contributed by atoms with Crippen LogP contribution in [0.3, 0.4) is 0 Å². The molecule has 0 aliphatic carbocycles. The largest absolute Gasteiger partial charge is 0.350 e. The summed E-state index contributed by atoms with van der Waals surface area (Å²) in [7, 11) is 0. The molecule has 1 heterocycles. The Labute approximate surface area is 127 Å². The first-order chi connectivity index (χ1) is 10.4. The predicted molar refractivity (Wildman–Crippen MR) is 77.0 cm³/mol. The Balaban J connectivity index is 1.87. The van der Waals surface area contributed by atoms with Crippen LogP contribution in [0.2, 0.25) is 0 Å². The van der Waals surface area contributed by atoms with E-state index in [1.807, 2.05) is 30.3 Å². The van der Waals surface area contributed by atoms with Gasteiger partial charge in [-0.15, -0.1) is 0 Å². The molecule has 3 N–H and O–H groups in total. The summed E-state index contributed by atoms with van der Waals surface area (Å²) in [4.78, 5) is 25.4. The molecule has 7 heteroatoms. The van der Waals surface area contributed by atoms with Crippen LogP contribution in [0.1, 0.15) is 12.0 Å². The van der Waals surface area contributed by atoms with Crippen molar-refractivity contribution in [2.45, 2.75) is 18.9 Å². The molecule has 1 aliphatic heterocycles. The predicted octanol–water partition coefficient (Wildman–Crippen LogP) is 0.745. The van der Waals surface area contributed by atoms with E-state index >= 15 is 0 Å². The third-order valence-corrected chi connectivity index (χ3v) is 3.62. The van der Waals surface area contributed by atoms with E-state index in [1.165, 1.54) is 0 Å². The minimum Gasteiger partial charge on any atom is -0.350 e. The number of nitrogens with zero attached hydrogens (tertiary/aromatic N) is 1. The highest BCUT2D eigenvalue weighted by Gasteiger charge is 2.35.